The van der Waals surface area contributed by atoms with Crippen LogP contribution in [0.15, 0.2) is 24.3 Å². The van der Waals surface area contributed by atoms with E-state index in [1.807, 2.05) is 0 Å². The third kappa shape index (κ3) is 1.01. The predicted molar refractivity (Wildman–Crippen MR) is 70.1 cm³/mol. The topological polar surface area (TPSA) is 12.0 Å². The zero-order chi connectivity index (χ0) is 11.5. The average Bonchev–Trinajstić information content (AvgIpc) is 2.78. The van der Waals surface area contributed by atoms with E-state index in [0.29, 0.717) is 5.41 Å². The van der Waals surface area contributed by atoms with Gasteiger partial charge in [0.25, 0.3) is 0 Å². The normalized spacial score (nSPS) is 43.0. The lowest BCUT2D eigenvalue weighted by Crippen LogP contribution is -2.45. The predicted octanol–water partition coefficient (Wildman–Crippen LogP) is 3.55. The van der Waals surface area contributed by atoms with Gasteiger partial charge in [0, 0.05) is 11.0 Å². The molecule has 2 aliphatic carbocycles. The van der Waals surface area contributed by atoms with Crippen LogP contribution >= 0.6 is 0 Å². The van der Waals surface area contributed by atoms with E-state index in [0.717, 1.165) is 5.92 Å². The molecule has 0 radical (unpaired) electrons. The maximum atomic E-state index is 3.84. The molecule has 0 bridgehead atoms. The minimum absolute atomic E-state index is 0.259. The molecule has 1 aromatic carbocycles. The Labute approximate surface area is 104 Å². The SMILES string of the molecule is C[C@@]12NCC[C@@]13CCCC[C@H]3c1ccccc12. The van der Waals surface area contributed by atoms with E-state index >= 15 is 0 Å². The maximum Gasteiger partial charge on any atom is 0.0472 e. The molecule has 1 aliphatic heterocycles. The van der Waals surface area contributed by atoms with Gasteiger partial charge in [-0.15, -0.1) is 0 Å². The molecular weight excluding hydrogens is 206 g/mol. The summed E-state index contributed by atoms with van der Waals surface area (Å²) in [5.41, 5.74) is 4.05. The molecule has 1 N–H and O–H groups in total. The summed E-state index contributed by atoms with van der Waals surface area (Å²) in [7, 11) is 0. The smallest absolute Gasteiger partial charge is 0.0472 e. The summed E-state index contributed by atoms with van der Waals surface area (Å²) < 4.78 is 0. The van der Waals surface area contributed by atoms with E-state index in [1.54, 1.807) is 11.1 Å². The summed E-state index contributed by atoms with van der Waals surface area (Å²) in [6.07, 6.45) is 7.07. The van der Waals surface area contributed by atoms with E-state index in [9.17, 15) is 0 Å². The van der Waals surface area contributed by atoms with Crippen LogP contribution in [0.25, 0.3) is 0 Å². The van der Waals surface area contributed by atoms with Crippen LogP contribution in [-0.4, -0.2) is 6.54 Å². The summed E-state index contributed by atoms with van der Waals surface area (Å²) in [5, 5.41) is 3.84. The quantitative estimate of drug-likeness (QED) is 0.714. The van der Waals surface area contributed by atoms with Crippen molar-refractivity contribution < 1.29 is 0 Å². The highest BCUT2D eigenvalue weighted by Gasteiger charge is 2.62. The summed E-state index contributed by atoms with van der Waals surface area (Å²) in [6.45, 7) is 3.67. The van der Waals surface area contributed by atoms with Crippen LogP contribution < -0.4 is 5.32 Å². The van der Waals surface area contributed by atoms with E-state index < -0.39 is 0 Å². The van der Waals surface area contributed by atoms with Gasteiger partial charge in [0.15, 0.2) is 0 Å². The summed E-state index contributed by atoms with van der Waals surface area (Å²) in [5.74, 6) is 0.826. The van der Waals surface area contributed by atoms with Gasteiger partial charge in [-0.1, -0.05) is 37.1 Å². The van der Waals surface area contributed by atoms with Gasteiger partial charge in [-0.05, 0) is 49.8 Å². The molecule has 90 valence electrons. The molecule has 1 heterocycles. The first-order chi connectivity index (χ1) is 8.28. The van der Waals surface area contributed by atoms with Gasteiger partial charge >= 0.3 is 0 Å². The Morgan fingerprint density at radius 3 is 3.00 bits per heavy atom. The van der Waals surface area contributed by atoms with Crippen LogP contribution in [0.3, 0.4) is 0 Å². The molecule has 1 nitrogen and oxygen atoms in total. The molecule has 4 rings (SSSR count). The molecule has 3 atom stereocenters. The molecule has 1 spiro atoms. The van der Waals surface area contributed by atoms with Crippen molar-refractivity contribution in [3.63, 3.8) is 0 Å². The van der Waals surface area contributed by atoms with Crippen molar-refractivity contribution in [1.82, 2.24) is 5.32 Å². The van der Waals surface area contributed by atoms with Gasteiger partial charge in [0.2, 0.25) is 0 Å². The van der Waals surface area contributed by atoms with E-state index in [1.165, 1.54) is 38.6 Å². The standard InChI is InChI=1S/C16H21N/c1-15-13-7-3-2-6-12(13)14-8-4-5-9-16(14,15)10-11-17-15/h2-3,6-7,14,17H,4-5,8-11H2,1H3/t14-,15-,16+/m0/s1. The highest BCUT2D eigenvalue weighted by Crippen LogP contribution is 2.66. The summed E-state index contributed by atoms with van der Waals surface area (Å²) in [4.78, 5) is 0. The number of rotatable bonds is 0. The lowest BCUT2D eigenvalue weighted by Gasteiger charge is -2.45. The zero-order valence-electron chi connectivity index (χ0n) is 10.6. The van der Waals surface area contributed by atoms with Gasteiger partial charge in [-0.3, -0.25) is 0 Å². The first-order valence-corrected chi connectivity index (χ1v) is 7.12. The fourth-order valence-corrected chi connectivity index (χ4v) is 5.17. The Morgan fingerprint density at radius 1 is 1.18 bits per heavy atom. The average molecular weight is 227 g/mol. The first-order valence-electron chi connectivity index (χ1n) is 7.12. The van der Waals surface area contributed by atoms with Gasteiger partial charge < -0.3 is 5.32 Å². The van der Waals surface area contributed by atoms with E-state index in [2.05, 4.69) is 36.5 Å². The molecule has 1 heteroatoms. The van der Waals surface area contributed by atoms with Crippen LogP contribution in [-0.2, 0) is 5.54 Å². The molecule has 3 aliphatic rings. The number of benzene rings is 1. The Hall–Kier alpha value is -0.820. The third-order valence-corrected chi connectivity index (χ3v) is 5.95. The van der Waals surface area contributed by atoms with Crippen molar-refractivity contribution in [2.45, 2.75) is 50.5 Å². The Bertz CT molecular complexity index is 466. The van der Waals surface area contributed by atoms with Gasteiger partial charge in [0.05, 0.1) is 0 Å². The van der Waals surface area contributed by atoms with Crippen molar-refractivity contribution in [3.8, 4) is 0 Å². The van der Waals surface area contributed by atoms with Crippen LogP contribution in [0, 0.1) is 5.41 Å². The number of hydrogen-bond acceptors (Lipinski definition) is 1. The molecule has 2 fully saturated rings. The van der Waals surface area contributed by atoms with Crippen molar-refractivity contribution in [2.24, 2.45) is 5.41 Å². The fourth-order valence-electron chi connectivity index (χ4n) is 5.17. The maximum absolute atomic E-state index is 3.84. The number of hydrogen-bond donors (Lipinski definition) is 1. The minimum atomic E-state index is 0.259. The van der Waals surface area contributed by atoms with Crippen LogP contribution in [0.1, 0.15) is 56.1 Å². The highest BCUT2D eigenvalue weighted by atomic mass is 15.1. The van der Waals surface area contributed by atoms with Crippen molar-refractivity contribution in [1.29, 1.82) is 0 Å². The second-order valence-corrected chi connectivity index (χ2v) is 6.34. The largest absolute Gasteiger partial charge is 0.307 e. The van der Waals surface area contributed by atoms with Crippen LogP contribution in [0.5, 0.6) is 0 Å². The van der Waals surface area contributed by atoms with Gasteiger partial charge in [0.1, 0.15) is 0 Å². The molecule has 0 aromatic heterocycles. The first kappa shape index (κ1) is 10.1. The fraction of sp³-hybridized carbons (Fsp3) is 0.625. The molecule has 17 heavy (non-hydrogen) atoms. The second-order valence-electron chi connectivity index (χ2n) is 6.34. The van der Waals surface area contributed by atoms with Crippen molar-refractivity contribution >= 4 is 0 Å². The molecule has 0 amide bonds. The Kier molecular flexibility index (Phi) is 1.87. The van der Waals surface area contributed by atoms with E-state index in [-0.39, 0.29) is 5.54 Å². The Morgan fingerprint density at radius 2 is 2.06 bits per heavy atom. The number of nitrogens with one attached hydrogen (secondary N) is 1. The van der Waals surface area contributed by atoms with Crippen molar-refractivity contribution in [3.05, 3.63) is 35.4 Å². The van der Waals surface area contributed by atoms with Gasteiger partial charge in [-0.2, -0.15) is 0 Å². The third-order valence-electron chi connectivity index (χ3n) is 5.95. The van der Waals surface area contributed by atoms with Crippen LogP contribution in [0.2, 0.25) is 0 Å². The second kappa shape index (κ2) is 3.14. The molecule has 1 aromatic rings. The molecule has 0 unspecified atom stereocenters. The lowest BCUT2D eigenvalue weighted by atomic mass is 9.60. The molecule has 1 saturated carbocycles. The van der Waals surface area contributed by atoms with Crippen molar-refractivity contribution in [2.75, 3.05) is 6.54 Å². The zero-order valence-corrected chi connectivity index (χ0v) is 10.6. The Balaban J connectivity index is 1.98. The highest BCUT2D eigenvalue weighted by molar-refractivity contribution is 5.47. The van der Waals surface area contributed by atoms with Gasteiger partial charge in [-0.25, -0.2) is 0 Å². The van der Waals surface area contributed by atoms with E-state index in [4.69, 9.17) is 0 Å². The summed E-state index contributed by atoms with van der Waals surface area (Å²) in [6, 6.07) is 9.20. The summed E-state index contributed by atoms with van der Waals surface area (Å²) >= 11 is 0. The lowest BCUT2D eigenvalue weighted by molar-refractivity contribution is 0.0912. The van der Waals surface area contributed by atoms with Crippen LogP contribution in [0.4, 0.5) is 0 Å². The molecular formula is C16H21N. The minimum Gasteiger partial charge on any atom is -0.307 e. The molecule has 1 saturated heterocycles. The number of fused-ring (bicyclic) bond motifs is 3. The monoisotopic (exact) mass is 227 g/mol.